The van der Waals surface area contributed by atoms with Gasteiger partial charge in [-0.15, -0.1) is 6.42 Å². The maximum Gasteiger partial charge on any atom is 0.226 e. The second kappa shape index (κ2) is 6.05. The zero-order valence-electron chi connectivity index (χ0n) is 10.6. The third-order valence-electron chi connectivity index (χ3n) is 3.17. The number of carbonyl (C=O) groups excluding carboxylic acids is 2. The van der Waals surface area contributed by atoms with E-state index in [1.54, 1.807) is 4.90 Å². The van der Waals surface area contributed by atoms with Crippen molar-refractivity contribution in [3.63, 3.8) is 0 Å². The van der Waals surface area contributed by atoms with Gasteiger partial charge in [-0.25, -0.2) is 0 Å². The van der Waals surface area contributed by atoms with Crippen molar-refractivity contribution in [2.45, 2.75) is 13.0 Å². The summed E-state index contributed by atoms with van der Waals surface area (Å²) in [5.74, 6) is 1.95. The maximum absolute atomic E-state index is 11.9. The first-order chi connectivity index (χ1) is 9.20. The van der Waals surface area contributed by atoms with Crippen LogP contribution in [-0.2, 0) is 16.1 Å². The van der Waals surface area contributed by atoms with Gasteiger partial charge < -0.3 is 10.2 Å². The van der Waals surface area contributed by atoms with Crippen molar-refractivity contribution in [3.05, 3.63) is 35.9 Å². The Kier molecular flexibility index (Phi) is 4.19. The largest absolute Gasteiger partial charge is 0.345 e. The van der Waals surface area contributed by atoms with Crippen molar-refractivity contribution >= 4 is 11.8 Å². The molecule has 98 valence electrons. The molecule has 0 aliphatic carbocycles. The fraction of sp³-hybridized carbons (Fsp3) is 0.333. The average molecular weight is 256 g/mol. The van der Waals surface area contributed by atoms with E-state index < -0.39 is 0 Å². The Morgan fingerprint density at radius 1 is 1.42 bits per heavy atom. The summed E-state index contributed by atoms with van der Waals surface area (Å²) in [7, 11) is 0. The number of hydrogen-bond donors (Lipinski definition) is 1. The number of rotatable bonds is 4. The molecule has 1 fully saturated rings. The van der Waals surface area contributed by atoms with Gasteiger partial charge >= 0.3 is 0 Å². The van der Waals surface area contributed by atoms with E-state index in [2.05, 4.69) is 11.2 Å². The van der Waals surface area contributed by atoms with Crippen molar-refractivity contribution < 1.29 is 9.59 Å². The van der Waals surface area contributed by atoms with Crippen LogP contribution < -0.4 is 5.32 Å². The molecule has 1 N–H and O–H groups in total. The predicted octanol–water partition coefficient (Wildman–Crippen LogP) is 0.784. The smallest absolute Gasteiger partial charge is 0.226 e. The van der Waals surface area contributed by atoms with Crippen LogP contribution in [0.5, 0.6) is 0 Å². The van der Waals surface area contributed by atoms with Gasteiger partial charge in [0.15, 0.2) is 0 Å². The Hall–Kier alpha value is -2.28. The minimum Gasteiger partial charge on any atom is -0.345 e. The lowest BCUT2D eigenvalue weighted by atomic mass is 10.1. The molecule has 4 heteroatoms. The highest BCUT2D eigenvalue weighted by Crippen LogP contribution is 2.20. The molecular weight excluding hydrogens is 240 g/mol. The number of amides is 2. The van der Waals surface area contributed by atoms with Gasteiger partial charge in [0.1, 0.15) is 0 Å². The number of benzene rings is 1. The van der Waals surface area contributed by atoms with Gasteiger partial charge in [-0.2, -0.15) is 0 Å². The van der Waals surface area contributed by atoms with Crippen LogP contribution >= 0.6 is 0 Å². The van der Waals surface area contributed by atoms with Crippen molar-refractivity contribution in [1.29, 1.82) is 0 Å². The number of nitrogens with one attached hydrogen (secondary N) is 1. The van der Waals surface area contributed by atoms with Crippen LogP contribution in [-0.4, -0.2) is 29.8 Å². The molecule has 0 bridgehead atoms. The second-order valence-electron chi connectivity index (χ2n) is 4.58. The van der Waals surface area contributed by atoms with Crippen molar-refractivity contribution in [1.82, 2.24) is 10.2 Å². The van der Waals surface area contributed by atoms with Gasteiger partial charge in [-0.1, -0.05) is 36.3 Å². The normalized spacial score (nSPS) is 18.2. The highest BCUT2D eigenvalue weighted by Gasteiger charge is 2.33. The second-order valence-corrected chi connectivity index (χ2v) is 4.58. The fourth-order valence-corrected chi connectivity index (χ4v) is 2.19. The first-order valence-electron chi connectivity index (χ1n) is 6.23. The molecule has 1 aromatic carbocycles. The monoisotopic (exact) mass is 256 g/mol. The van der Waals surface area contributed by atoms with Crippen LogP contribution in [0.25, 0.3) is 0 Å². The van der Waals surface area contributed by atoms with Crippen LogP contribution in [0.1, 0.15) is 12.0 Å². The molecule has 1 aliphatic rings. The van der Waals surface area contributed by atoms with Gasteiger partial charge in [0.25, 0.3) is 0 Å². The minimum absolute atomic E-state index is 0.0183. The van der Waals surface area contributed by atoms with E-state index >= 15 is 0 Å². The quantitative estimate of drug-likeness (QED) is 0.810. The molecule has 2 amide bonds. The number of nitrogens with zero attached hydrogens (tertiary/aromatic N) is 1. The van der Waals surface area contributed by atoms with Crippen LogP contribution in [0, 0.1) is 18.3 Å². The SMILES string of the molecule is C#CCNC(=O)C1CC(=O)N(Cc2ccccc2)C1. The van der Waals surface area contributed by atoms with E-state index in [0.29, 0.717) is 13.1 Å². The van der Waals surface area contributed by atoms with Crippen LogP contribution in [0.2, 0.25) is 0 Å². The minimum atomic E-state index is -0.287. The van der Waals surface area contributed by atoms with Crippen LogP contribution in [0.15, 0.2) is 30.3 Å². The molecule has 2 rings (SSSR count). The van der Waals surface area contributed by atoms with Crippen molar-refractivity contribution in [2.24, 2.45) is 5.92 Å². The molecule has 0 aromatic heterocycles. The standard InChI is InChI=1S/C15H16N2O2/c1-2-8-16-15(19)13-9-14(18)17(11-13)10-12-6-4-3-5-7-12/h1,3-7,13H,8-11H2,(H,16,19). The Bertz CT molecular complexity index is 505. The summed E-state index contributed by atoms with van der Waals surface area (Å²) in [6, 6.07) is 9.75. The zero-order chi connectivity index (χ0) is 13.7. The molecule has 4 nitrogen and oxygen atoms in total. The molecule has 0 spiro atoms. The van der Waals surface area contributed by atoms with Gasteiger partial charge in [0.2, 0.25) is 11.8 Å². The van der Waals surface area contributed by atoms with E-state index in [-0.39, 0.29) is 30.7 Å². The van der Waals surface area contributed by atoms with Gasteiger partial charge in [-0.3, -0.25) is 9.59 Å². The molecule has 0 radical (unpaired) electrons. The summed E-state index contributed by atoms with van der Waals surface area (Å²) in [4.78, 5) is 25.4. The maximum atomic E-state index is 11.9. The van der Waals surface area contributed by atoms with Gasteiger partial charge in [0.05, 0.1) is 12.5 Å². The van der Waals surface area contributed by atoms with Gasteiger partial charge in [-0.05, 0) is 5.56 Å². The number of hydrogen-bond acceptors (Lipinski definition) is 2. The highest BCUT2D eigenvalue weighted by atomic mass is 16.2. The summed E-state index contributed by atoms with van der Waals surface area (Å²) >= 11 is 0. The summed E-state index contributed by atoms with van der Waals surface area (Å²) in [6.07, 6.45) is 5.36. The molecule has 1 atom stereocenters. The zero-order valence-corrected chi connectivity index (χ0v) is 10.6. The lowest BCUT2D eigenvalue weighted by molar-refractivity contribution is -0.129. The summed E-state index contributed by atoms with van der Waals surface area (Å²) in [6.45, 7) is 1.23. The van der Waals surface area contributed by atoms with Crippen LogP contribution in [0.3, 0.4) is 0 Å². The molecule has 1 saturated heterocycles. The highest BCUT2D eigenvalue weighted by molar-refractivity contribution is 5.89. The molecule has 19 heavy (non-hydrogen) atoms. The van der Waals surface area contributed by atoms with Crippen LogP contribution in [0.4, 0.5) is 0 Å². The van der Waals surface area contributed by atoms with E-state index in [1.807, 2.05) is 30.3 Å². The molecule has 1 heterocycles. The molecule has 1 aliphatic heterocycles. The summed E-state index contributed by atoms with van der Waals surface area (Å²) < 4.78 is 0. The molecular formula is C15H16N2O2. The first kappa shape index (κ1) is 13.2. The van der Waals surface area contributed by atoms with Crippen molar-refractivity contribution in [3.8, 4) is 12.3 Å². The number of terminal acetylenes is 1. The lowest BCUT2D eigenvalue weighted by Crippen LogP contribution is -2.33. The third-order valence-corrected chi connectivity index (χ3v) is 3.17. The summed E-state index contributed by atoms with van der Waals surface area (Å²) in [5.41, 5.74) is 1.07. The van der Waals surface area contributed by atoms with E-state index in [9.17, 15) is 9.59 Å². The van der Waals surface area contributed by atoms with E-state index in [4.69, 9.17) is 6.42 Å². The fourth-order valence-electron chi connectivity index (χ4n) is 2.19. The number of carbonyl (C=O) groups is 2. The third kappa shape index (κ3) is 3.35. The predicted molar refractivity (Wildman–Crippen MR) is 71.8 cm³/mol. The summed E-state index contributed by atoms with van der Waals surface area (Å²) in [5, 5.41) is 2.63. The first-order valence-corrected chi connectivity index (χ1v) is 6.23. The average Bonchev–Trinajstić information content (AvgIpc) is 2.79. The Morgan fingerprint density at radius 2 is 2.16 bits per heavy atom. The molecule has 1 unspecified atom stereocenters. The Balaban J connectivity index is 1.93. The van der Waals surface area contributed by atoms with Crippen molar-refractivity contribution in [2.75, 3.05) is 13.1 Å². The lowest BCUT2D eigenvalue weighted by Gasteiger charge is -2.16. The Morgan fingerprint density at radius 3 is 2.84 bits per heavy atom. The van der Waals surface area contributed by atoms with E-state index in [1.165, 1.54) is 0 Å². The topological polar surface area (TPSA) is 49.4 Å². The molecule has 0 saturated carbocycles. The molecule has 1 aromatic rings. The van der Waals surface area contributed by atoms with E-state index in [0.717, 1.165) is 5.56 Å². The number of likely N-dealkylation sites (tertiary alicyclic amines) is 1. The van der Waals surface area contributed by atoms with Gasteiger partial charge in [0, 0.05) is 19.5 Å². The Labute approximate surface area is 112 Å².